The summed E-state index contributed by atoms with van der Waals surface area (Å²) in [4.78, 5) is 16.5. The molecule has 0 bridgehead atoms. The van der Waals surface area contributed by atoms with Crippen molar-refractivity contribution in [3.63, 3.8) is 0 Å². The summed E-state index contributed by atoms with van der Waals surface area (Å²) >= 11 is 0. The number of amides is 1. The largest absolute Gasteiger partial charge is 0.494 e. The van der Waals surface area contributed by atoms with Gasteiger partial charge in [-0.1, -0.05) is 36.4 Å². The van der Waals surface area contributed by atoms with E-state index in [0.717, 1.165) is 27.8 Å². The second-order valence-corrected chi connectivity index (χ2v) is 5.51. The van der Waals surface area contributed by atoms with Gasteiger partial charge in [0.2, 0.25) is 5.91 Å². The molecular formula is C20H20N2O2. The van der Waals surface area contributed by atoms with Crippen LogP contribution in [0.2, 0.25) is 0 Å². The van der Waals surface area contributed by atoms with Crippen LogP contribution in [0.15, 0.2) is 60.8 Å². The van der Waals surface area contributed by atoms with Gasteiger partial charge in [0.05, 0.1) is 25.3 Å². The predicted molar refractivity (Wildman–Crippen MR) is 94.9 cm³/mol. The van der Waals surface area contributed by atoms with Gasteiger partial charge in [0.25, 0.3) is 0 Å². The van der Waals surface area contributed by atoms with Crippen LogP contribution in [0.5, 0.6) is 5.75 Å². The van der Waals surface area contributed by atoms with Gasteiger partial charge < -0.3 is 10.1 Å². The van der Waals surface area contributed by atoms with Crippen LogP contribution in [0.1, 0.15) is 18.2 Å². The Morgan fingerprint density at radius 1 is 1.08 bits per heavy atom. The average Bonchev–Trinajstić information content (AvgIpc) is 2.62. The molecule has 1 heterocycles. The average molecular weight is 320 g/mol. The van der Waals surface area contributed by atoms with Crippen molar-refractivity contribution in [1.82, 2.24) is 10.3 Å². The second-order valence-electron chi connectivity index (χ2n) is 5.51. The Morgan fingerprint density at radius 3 is 2.67 bits per heavy atom. The van der Waals surface area contributed by atoms with Gasteiger partial charge in [-0.05, 0) is 36.1 Å². The first-order chi connectivity index (χ1) is 11.8. The molecule has 0 aliphatic rings. The standard InChI is InChI=1S/C20H20N2O2/c1-2-24-17-9-7-15(8-10-17)13-20(23)22-14-19-18-6-4-3-5-16(18)11-12-21-19/h3-12H,2,13-14H2,1H3,(H,22,23). The highest BCUT2D eigenvalue weighted by molar-refractivity contribution is 5.85. The number of nitrogens with zero attached hydrogens (tertiary/aromatic N) is 1. The number of fused-ring (bicyclic) bond motifs is 1. The molecule has 2 aromatic carbocycles. The molecule has 0 atom stereocenters. The number of carbonyl (C=O) groups is 1. The van der Waals surface area contributed by atoms with Crippen molar-refractivity contribution in [3.8, 4) is 5.75 Å². The molecule has 0 radical (unpaired) electrons. The summed E-state index contributed by atoms with van der Waals surface area (Å²) in [5.74, 6) is 0.801. The molecule has 1 N–H and O–H groups in total. The summed E-state index contributed by atoms with van der Waals surface area (Å²) in [7, 11) is 0. The molecule has 24 heavy (non-hydrogen) atoms. The second kappa shape index (κ2) is 7.59. The van der Waals surface area contributed by atoms with E-state index < -0.39 is 0 Å². The van der Waals surface area contributed by atoms with Crippen LogP contribution in [0.25, 0.3) is 10.8 Å². The molecule has 0 aliphatic heterocycles. The Hall–Kier alpha value is -2.88. The van der Waals surface area contributed by atoms with Gasteiger partial charge in [0.1, 0.15) is 5.75 Å². The number of hydrogen-bond acceptors (Lipinski definition) is 3. The predicted octanol–water partition coefficient (Wildman–Crippen LogP) is 3.49. The van der Waals surface area contributed by atoms with Gasteiger partial charge in [0.15, 0.2) is 0 Å². The maximum Gasteiger partial charge on any atom is 0.224 e. The Kier molecular flexibility index (Phi) is 5.06. The van der Waals surface area contributed by atoms with Gasteiger partial charge in [-0.15, -0.1) is 0 Å². The Bertz CT molecular complexity index is 823. The minimum Gasteiger partial charge on any atom is -0.494 e. The first-order valence-electron chi connectivity index (χ1n) is 8.07. The third-order valence-electron chi connectivity index (χ3n) is 3.81. The van der Waals surface area contributed by atoms with Crippen molar-refractivity contribution in [2.75, 3.05) is 6.61 Å². The topological polar surface area (TPSA) is 51.2 Å². The summed E-state index contributed by atoms with van der Waals surface area (Å²) in [5.41, 5.74) is 1.84. The number of carbonyl (C=O) groups excluding carboxylic acids is 1. The number of hydrogen-bond donors (Lipinski definition) is 1. The smallest absolute Gasteiger partial charge is 0.224 e. The molecule has 1 amide bonds. The highest BCUT2D eigenvalue weighted by atomic mass is 16.5. The molecule has 3 aromatic rings. The summed E-state index contributed by atoms with van der Waals surface area (Å²) in [6.07, 6.45) is 2.12. The van der Waals surface area contributed by atoms with E-state index in [1.807, 2.05) is 61.5 Å². The van der Waals surface area contributed by atoms with Crippen molar-refractivity contribution in [3.05, 3.63) is 72.1 Å². The molecule has 0 saturated heterocycles. The maximum absolute atomic E-state index is 12.2. The zero-order valence-electron chi connectivity index (χ0n) is 13.7. The Balaban J connectivity index is 1.60. The zero-order valence-corrected chi connectivity index (χ0v) is 13.7. The van der Waals surface area contributed by atoms with Crippen LogP contribution in [0.4, 0.5) is 0 Å². The Morgan fingerprint density at radius 2 is 1.88 bits per heavy atom. The number of benzene rings is 2. The fourth-order valence-electron chi connectivity index (χ4n) is 2.62. The third kappa shape index (κ3) is 3.90. The highest BCUT2D eigenvalue weighted by Crippen LogP contribution is 2.16. The lowest BCUT2D eigenvalue weighted by Crippen LogP contribution is -2.25. The summed E-state index contributed by atoms with van der Waals surface area (Å²) < 4.78 is 5.40. The molecule has 1 aromatic heterocycles. The van der Waals surface area contributed by atoms with Crippen LogP contribution in [0, 0.1) is 0 Å². The lowest BCUT2D eigenvalue weighted by atomic mass is 10.1. The molecule has 4 heteroatoms. The van der Waals surface area contributed by atoms with Crippen LogP contribution >= 0.6 is 0 Å². The molecule has 3 rings (SSSR count). The number of pyridine rings is 1. The molecule has 0 aliphatic carbocycles. The van der Waals surface area contributed by atoms with E-state index in [1.54, 1.807) is 6.20 Å². The van der Waals surface area contributed by atoms with Crippen molar-refractivity contribution < 1.29 is 9.53 Å². The zero-order chi connectivity index (χ0) is 16.8. The molecule has 0 spiro atoms. The van der Waals surface area contributed by atoms with Crippen LogP contribution < -0.4 is 10.1 Å². The molecule has 0 fully saturated rings. The van der Waals surface area contributed by atoms with E-state index in [4.69, 9.17) is 4.74 Å². The normalized spacial score (nSPS) is 10.5. The van der Waals surface area contributed by atoms with E-state index in [2.05, 4.69) is 10.3 Å². The van der Waals surface area contributed by atoms with Gasteiger partial charge in [-0.3, -0.25) is 9.78 Å². The Labute approximate surface area is 141 Å². The summed E-state index contributed by atoms with van der Waals surface area (Å²) in [6.45, 7) is 3.01. The monoisotopic (exact) mass is 320 g/mol. The fourth-order valence-corrected chi connectivity index (χ4v) is 2.62. The van der Waals surface area contributed by atoms with Gasteiger partial charge in [-0.2, -0.15) is 0 Å². The van der Waals surface area contributed by atoms with E-state index in [1.165, 1.54) is 0 Å². The lowest BCUT2D eigenvalue weighted by Gasteiger charge is -2.08. The molecule has 4 nitrogen and oxygen atoms in total. The van der Waals surface area contributed by atoms with Crippen molar-refractivity contribution in [1.29, 1.82) is 0 Å². The van der Waals surface area contributed by atoms with Crippen LogP contribution in [-0.2, 0) is 17.8 Å². The minimum atomic E-state index is -0.0195. The quantitative estimate of drug-likeness (QED) is 0.756. The van der Waals surface area contributed by atoms with Crippen molar-refractivity contribution >= 4 is 16.7 Å². The van der Waals surface area contributed by atoms with Gasteiger partial charge >= 0.3 is 0 Å². The van der Waals surface area contributed by atoms with Crippen LogP contribution in [0.3, 0.4) is 0 Å². The highest BCUT2D eigenvalue weighted by Gasteiger charge is 2.06. The molecular weight excluding hydrogens is 300 g/mol. The van der Waals surface area contributed by atoms with Crippen molar-refractivity contribution in [2.45, 2.75) is 19.9 Å². The first kappa shape index (κ1) is 16.0. The van der Waals surface area contributed by atoms with E-state index in [-0.39, 0.29) is 5.91 Å². The van der Waals surface area contributed by atoms with Crippen molar-refractivity contribution in [2.24, 2.45) is 0 Å². The minimum absolute atomic E-state index is 0.0195. The third-order valence-corrected chi connectivity index (χ3v) is 3.81. The first-order valence-corrected chi connectivity index (χ1v) is 8.07. The SMILES string of the molecule is CCOc1ccc(CC(=O)NCc2nccc3ccccc23)cc1. The van der Waals surface area contributed by atoms with Gasteiger partial charge in [0, 0.05) is 11.6 Å². The summed E-state index contributed by atoms with van der Waals surface area (Å²) in [6, 6.07) is 17.6. The fraction of sp³-hybridized carbons (Fsp3) is 0.200. The van der Waals surface area contributed by atoms with E-state index >= 15 is 0 Å². The number of aromatic nitrogens is 1. The molecule has 0 unspecified atom stereocenters. The number of rotatable bonds is 6. The van der Waals surface area contributed by atoms with Gasteiger partial charge in [-0.25, -0.2) is 0 Å². The number of nitrogens with one attached hydrogen (secondary N) is 1. The van der Waals surface area contributed by atoms with E-state index in [0.29, 0.717) is 19.6 Å². The van der Waals surface area contributed by atoms with Crippen LogP contribution in [-0.4, -0.2) is 17.5 Å². The summed E-state index contributed by atoms with van der Waals surface area (Å²) in [5, 5.41) is 5.15. The lowest BCUT2D eigenvalue weighted by molar-refractivity contribution is -0.120. The molecule has 0 saturated carbocycles. The number of ether oxygens (including phenoxy) is 1. The molecule has 122 valence electrons. The maximum atomic E-state index is 12.2. The van der Waals surface area contributed by atoms with E-state index in [9.17, 15) is 4.79 Å².